The fourth-order valence-electron chi connectivity index (χ4n) is 4.24. The largest absolute Gasteiger partial charge is 0.462 e. The summed E-state index contributed by atoms with van der Waals surface area (Å²) in [6, 6.07) is 21.7. The number of para-hydroxylation sites is 2. The van der Waals surface area contributed by atoms with E-state index in [0.717, 1.165) is 32.0 Å². The van der Waals surface area contributed by atoms with Gasteiger partial charge in [-0.1, -0.05) is 18.2 Å². The van der Waals surface area contributed by atoms with E-state index in [1.807, 2.05) is 54.6 Å². The van der Waals surface area contributed by atoms with E-state index in [9.17, 15) is 4.79 Å². The molecule has 0 spiro atoms. The first-order valence-electron chi connectivity index (χ1n) is 11.3. The number of aryl methyl sites for hydroxylation is 1. The maximum absolute atomic E-state index is 12.8. The summed E-state index contributed by atoms with van der Waals surface area (Å²) in [6.07, 6.45) is 0. The molecule has 2 N–H and O–H groups in total. The van der Waals surface area contributed by atoms with Gasteiger partial charge in [0.05, 0.1) is 27.9 Å². The topological polar surface area (TPSA) is 95.9 Å². The molecule has 35 heavy (non-hydrogen) atoms. The van der Waals surface area contributed by atoms with Crippen LogP contribution in [0.2, 0.25) is 0 Å². The smallest absolute Gasteiger partial charge is 0.344 e. The SMILES string of the molecule is CCOC(=O)c1c(N)n(-c2ccc(-c3nc4ccc(C)cc4s3)cc2)c2nc3ccccc3nc12. The standard InChI is InChI=1S/C27H21N5O2S/c1-3-34-27(33)22-23-25(30-19-7-5-4-6-18(19)29-23)32(24(22)28)17-11-9-16(10-12-17)26-31-20-13-8-15(2)14-21(20)35-26/h4-14H,3,28H2,1-2H3. The molecule has 6 aromatic rings. The number of rotatable bonds is 4. The summed E-state index contributed by atoms with van der Waals surface area (Å²) in [7, 11) is 0. The summed E-state index contributed by atoms with van der Waals surface area (Å²) in [5, 5.41) is 0.945. The highest BCUT2D eigenvalue weighted by Gasteiger charge is 2.25. The van der Waals surface area contributed by atoms with E-state index in [1.54, 1.807) is 22.8 Å². The van der Waals surface area contributed by atoms with Crippen LogP contribution >= 0.6 is 11.3 Å². The molecule has 0 amide bonds. The summed E-state index contributed by atoms with van der Waals surface area (Å²) in [4.78, 5) is 27.1. The number of hydrogen-bond acceptors (Lipinski definition) is 7. The van der Waals surface area contributed by atoms with Crippen molar-refractivity contribution >= 4 is 55.5 Å². The van der Waals surface area contributed by atoms with Crippen LogP contribution in [0.25, 0.3) is 48.7 Å². The van der Waals surface area contributed by atoms with Crippen LogP contribution in [0.1, 0.15) is 22.8 Å². The minimum atomic E-state index is -0.514. The van der Waals surface area contributed by atoms with Crippen molar-refractivity contribution < 1.29 is 9.53 Å². The molecule has 0 aliphatic carbocycles. The lowest BCUT2D eigenvalue weighted by molar-refractivity contribution is 0.0529. The molecule has 0 aliphatic rings. The van der Waals surface area contributed by atoms with Crippen LogP contribution in [0.15, 0.2) is 66.7 Å². The van der Waals surface area contributed by atoms with Gasteiger partial charge in [-0.2, -0.15) is 0 Å². The first-order chi connectivity index (χ1) is 17.0. The van der Waals surface area contributed by atoms with Crippen LogP contribution in [-0.2, 0) is 4.74 Å². The zero-order chi connectivity index (χ0) is 24.1. The number of thiazole rings is 1. The summed E-state index contributed by atoms with van der Waals surface area (Å²) < 4.78 is 8.20. The Labute approximate surface area is 204 Å². The Bertz CT molecular complexity index is 1750. The van der Waals surface area contributed by atoms with Crippen molar-refractivity contribution in [1.29, 1.82) is 0 Å². The predicted molar refractivity (Wildman–Crippen MR) is 140 cm³/mol. The highest BCUT2D eigenvalue weighted by molar-refractivity contribution is 7.21. The Morgan fingerprint density at radius 3 is 2.46 bits per heavy atom. The Balaban J connectivity index is 1.51. The summed E-state index contributed by atoms with van der Waals surface area (Å²) in [5.74, 6) is -0.267. The zero-order valence-electron chi connectivity index (χ0n) is 19.1. The molecule has 0 bridgehead atoms. The molecule has 6 rings (SSSR count). The minimum Gasteiger partial charge on any atom is -0.462 e. The first-order valence-corrected chi connectivity index (χ1v) is 12.1. The molecule has 0 atom stereocenters. The third kappa shape index (κ3) is 3.50. The number of hydrogen-bond donors (Lipinski definition) is 1. The average Bonchev–Trinajstić information content (AvgIpc) is 3.40. The van der Waals surface area contributed by atoms with Crippen molar-refractivity contribution in [2.24, 2.45) is 0 Å². The molecule has 8 heteroatoms. The minimum absolute atomic E-state index is 0.228. The molecular weight excluding hydrogens is 458 g/mol. The zero-order valence-corrected chi connectivity index (χ0v) is 20.0. The number of benzene rings is 3. The van der Waals surface area contributed by atoms with Crippen LogP contribution in [0, 0.1) is 6.92 Å². The molecular formula is C27H21N5O2S. The van der Waals surface area contributed by atoms with E-state index >= 15 is 0 Å². The second-order valence-corrected chi connectivity index (χ2v) is 9.27. The fraction of sp³-hybridized carbons (Fsp3) is 0.111. The number of ether oxygens (including phenoxy) is 1. The number of esters is 1. The molecule has 7 nitrogen and oxygen atoms in total. The number of carbonyl (C=O) groups excluding carboxylic acids is 1. The van der Waals surface area contributed by atoms with Crippen molar-refractivity contribution in [1.82, 2.24) is 19.5 Å². The van der Waals surface area contributed by atoms with Gasteiger partial charge in [0.15, 0.2) is 5.65 Å². The van der Waals surface area contributed by atoms with Gasteiger partial charge in [0.25, 0.3) is 0 Å². The number of nitrogens with zero attached hydrogens (tertiary/aromatic N) is 4. The maximum atomic E-state index is 12.8. The number of fused-ring (bicyclic) bond motifs is 3. The second kappa shape index (κ2) is 8.18. The normalized spacial score (nSPS) is 11.5. The molecule has 0 aliphatic heterocycles. The summed E-state index contributed by atoms with van der Waals surface area (Å²) in [5.41, 5.74) is 13.1. The van der Waals surface area contributed by atoms with Crippen molar-refractivity contribution in [2.75, 3.05) is 12.3 Å². The number of aromatic nitrogens is 4. The third-order valence-electron chi connectivity index (χ3n) is 5.89. The highest BCUT2D eigenvalue weighted by atomic mass is 32.1. The Morgan fingerprint density at radius 1 is 0.971 bits per heavy atom. The van der Waals surface area contributed by atoms with Crippen LogP contribution in [0.5, 0.6) is 0 Å². The lowest BCUT2D eigenvalue weighted by atomic mass is 10.2. The van der Waals surface area contributed by atoms with Gasteiger partial charge in [0, 0.05) is 11.3 Å². The van der Waals surface area contributed by atoms with E-state index in [4.69, 9.17) is 25.4 Å². The highest BCUT2D eigenvalue weighted by Crippen LogP contribution is 2.34. The lowest BCUT2D eigenvalue weighted by Crippen LogP contribution is -2.09. The van der Waals surface area contributed by atoms with Gasteiger partial charge in [-0.15, -0.1) is 11.3 Å². The van der Waals surface area contributed by atoms with E-state index in [0.29, 0.717) is 16.7 Å². The number of nitrogen functional groups attached to an aromatic ring is 1. The van der Waals surface area contributed by atoms with Crippen LogP contribution in [0.4, 0.5) is 5.82 Å². The molecule has 3 heterocycles. The first kappa shape index (κ1) is 21.2. The molecule has 0 saturated carbocycles. The van der Waals surface area contributed by atoms with Crippen molar-refractivity contribution in [2.45, 2.75) is 13.8 Å². The van der Waals surface area contributed by atoms with E-state index in [2.05, 4.69) is 19.1 Å². The molecule has 3 aromatic carbocycles. The van der Waals surface area contributed by atoms with Gasteiger partial charge in [0.2, 0.25) is 0 Å². The van der Waals surface area contributed by atoms with Gasteiger partial charge >= 0.3 is 5.97 Å². The molecule has 172 valence electrons. The molecule has 0 fully saturated rings. The molecule has 0 unspecified atom stereocenters. The quantitative estimate of drug-likeness (QED) is 0.315. The van der Waals surface area contributed by atoms with Gasteiger partial charge in [-0.25, -0.2) is 19.7 Å². The maximum Gasteiger partial charge on any atom is 0.344 e. The fourth-order valence-corrected chi connectivity index (χ4v) is 5.31. The van der Waals surface area contributed by atoms with Crippen LogP contribution < -0.4 is 5.73 Å². The van der Waals surface area contributed by atoms with E-state index in [1.165, 1.54) is 5.56 Å². The monoisotopic (exact) mass is 479 g/mol. The molecule has 3 aromatic heterocycles. The Kier molecular flexibility index (Phi) is 4.96. The summed E-state index contributed by atoms with van der Waals surface area (Å²) in [6.45, 7) is 4.08. The van der Waals surface area contributed by atoms with Gasteiger partial charge in [-0.3, -0.25) is 4.57 Å². The van der Waals surface area contributed by atoms with Crippen molar-refractivity contribution in [3.8, 4) is 16.3 Å². The van der Waals surface area contributed by atoms with Crippen LogP contribution in [-0.4, -0.2) is 32.1 Å². The summed E-state index contributed by atoms with van der Waals surface area (Å²) >= 11 is 1.66. The van der Waals surface area contributed by atoms with Crippen molar-refractivity contribution in [3.63, 3.8) is 0 Å². The van der Waals surface area contributed by atoms with Gasteiger partial charge in [0.1, 0.15) is 21.9 Å². The van der Waals surface area contributed by atoms with Crippen LogP contribution in [0.3, 0.4) is 0 Å². The lowest BCUT2D eigenvalue weighted by Gasteiger charge is -2.08. The number of carbonyl (C=O) groups is 1. The van der Waals surface area contributed by atoms with E-state index < -0.39 is 5.97 Å². The van der Waals surface area contributed by atoms with Crippen molar-refractivity contribution in [3.05, 3.63) is 77.9 Å². The van der Waals surface area contributed by atoms with Gasteiger partial charge < -0.3 is 10.5 Å². The predicted octanol–water partition coefficient (Wildman–Crippen LogP) is 5.92. The Morgan fingerprint density at radius 2 is 1.71 bits per heavy atom. The Hall–Kier alpha value is -4.30. The van der Waals surface area contributed by atoms with Gasteiger partial charge in [-0.05, 0) is 67.9 Å². The third-order valence-corrected chi connectivity index (χ3v) is 6.96. The number of anilines is 1. The number of nitrogens with two attached hydrogens (primary N) is 1. The average molecular weight is 480 g/mol. The second-order valence-electron chi connectivity index (χ2n) is 8.24. The molecule has 0 radical (unpaired) electrons. The van der Waals surface area contributed by atoms with E-state index in [-0.39, 0.29) is 18.0 Å². The molecule has 0 saturated heterocycles.